The van der Waals surface area contributed by atoms with Crippen LogP contribution >= 0.6 is 0 Å². The molecule has 20 heavy (non-hydrogen) atoms. The van der Waals surface area contributed by atoms with E-state index in [1.807, 2.05) is 31.2 Å². The van der Waals surface area contributed by atoms with Gasteiger partial charge in [0.25, 0.3) is 0 Å². The molecule has 1 aromatic heterocycles. The summed E-state index contributed by atoms with van der Waals surface area (Å²) in [5, 5.41) is 0. The highest BCUT2D eigenvalue weighted by molar-refractivity contribution is 5.92. The fourth-order valence-corrected chi connectivity index (χ4v) is 1.77. The van der Waals surface area contributed by atoms with Gasteiger partial charge in [0, 0.05) is 18.3 Å². The summed E-state index contributed by atoms with van der Waals surface area (Å²) in [5.41, 5.74) is 12.4. The standard InChI is InChI=1S/C15H17N3O2/c1-10(16)8-11-2-5-13(6-3-11)20-14-7-4-12(9-18-14)15(17)19/h2-7,9-10H,8,16H2,1H3,(H2,17,19). The molecule has 1 aromatic carbocycles. The quantitative estimate of drug-likeness (QED) is 0.868. The maximum absolute atomic E-state index is 10.9. The molecule has 2 rings (SSSR count). The number of amides is 1. The van der Waals surface area contributed by atoms with Crippen molar-refractivity contribution in [2.24, 2.45) is 11.5 Å². The van der Waals surface area contributed by atoms with Crippen LogP contribution in [0.2, 0.25) is 0 Å². The minimum atomic E-state index is -0.510. The molecule has 0 aliphatic heterocycles. The Morgan fingerprint density at radius 2 is 1.95 bits per heavy atom. The van der Waals surface area contributed by atoms with E-state index in [-0.39, 0.29) is 6.04 Å². The number of rotatable bonds is 5. The van der Waals surface area contributed by atoms with Crippen LogP contribution in [0.15, 0.2) is 42.6 Å². The topological polar surface area (TPSA) is 91.2 Å². The third-order valence-electron chi connectivity index (χ3n) is 2.72. The molecule has 5 nitrogen and oxygen atoms in total. The summed E-state index contributed by atoms with van der Waals surface area (Å²) in [6.45, 7) is 1.97. The Kier molecular flexibility index (Phi) is 4.32. The van der Waals surface area contributed by atoms with Crippen molar-refractivity contribution < 1.29 is 9.53 Å². The molecular formula is C15H17N3O2. The Morgan fingerprint density at radius 3 is 2.45 bits per heavy atom. The number of carbonyl (C=O) groups excluding carboxylic acids is 1. The third-order valence-corrected chi connectivity index (χ3v) is 2.72. The Hall–Kier alpha value is -2.40. The minimum absolute atomic E-state index is 0.129. The smallest absolute Gasteiger partial charge is 0.250 e. The third kappa shape index (κ3) is 3.80. The molecule has 0 spiro atoms. The van der Waals surface area contributed by atoms with Crippen LogP contribution in [0.4, 0.5) is 0 Å². The summed E-state index contributed by atoms with van der Waals surface area (Å²) in [6.07, 6.45) is 2.22. The fraction of sp³-hybridized carbons (Fsp3) is 0.200. The number of carbonyl (C=O) groups is 1. The van der Waals surface area contributed by atoms with Crippen LogP contribution in [0.1, 0.15) is 22.8 Å². The van der Waals surface area contributed by atoms with Gasteiger partial charge in [-0.1, -0.05) is 12.1 Å². The predicted molar refractivity (Wildman–Crippen MR) is 76.6 cm³/mol. The lowest BCUT2D eigenvalue weighted by molar-refractivity contribution is 0.1000. The van der Waals surface area contributed by atoms with Gasteiger partial charge in [-0.3, -0.25) is 4.79 Å². The van der Waals surface area contributed by atoms with Crippen LogP contribution in [0.25, 0.3) is 0 Å². The molecule has 0 saturated heterocycles. The average molecular weight is 271 g/mol. The first-order chi connectivity index (χ1) is 9.54. The minimum Gasteiger partial charge on any atom is -0.439 e. The molecule has 0 radical (unpaired) electrons. The predicted octanol–water partition coefficient (Wildman–Crippen LogP) is 1.86. The molecule has 5 heteroatoms. The maximum atomic E-state index is 10.9. The van der Waals surface area contributed by atoms with Gasteiger partial charge in [0.2, 0.25) is 11.8 Å². The summed E-state index contributed by atoms with van der Waals surface area (Å²) < 4.78 is 5.58. The molecule has 1 atom stereocenters. The second-order valence-electron chi connectivity index (χ2n) is 4.68. The Morgan fingerprint density at radius 1 is 1.25 bits per heavy atom. The van der Waals surface area contributed by atoms with Gasteiger partial charge in [0.1, 0.15) is 5.75 Å². The summed E-state index contributed by atoms with van der Waals surface area (Å²) in [4.78, 5) is 15.0. The normalized spacial score (nSPS) is 11.9. The molecule has 4 N–H and O–H groups in total. The van der Waals surface area contributed by atoms with E-state index in [0.717, 1.165) is 12.0 Å². The van der Waals surface area contributed by atoms with E-state index in [1.54, 1.807) is 12.1 Å². The van der Waals surface area contributed by atoms with Gasteiger partial charge in [0.15, 0.2) is 0 Å². The average Bonchev–Trinajstić information content (AvgIpc) is 2.41. The molecule has 2 aromatic rings. The zero-order valence-corrected chi connectivity index (χ0v) is 11.2. The number of hydrogen-bond donors (Lipinski definition) is 2. The summed E-state index contributed by atoms with van der Waals surface area (Å²) in [7, 11) is 0. The second-order valence-corrected chi connectivity index (χ2v) is 4.68. The van der Waals surface area contributed by atoms with Crippen molar-refractivity contribution in [2.45, 2.75) is 19.4 Å². The molecule has 1 unspecified atom stereocenters. The number of aromatic nitrogens is 1. The monoisotopic (exact) mass is 271 g/mol. The molecule has 1 heterocycles. The lowest BCUT2D eigenvalue weighted by atomic mass is 10.1. The van der Waals surface area contributed by atoms with Crippen molar-refractivity contribution in [1.82, 2.24) is 4.98 Å². The van der Waals surface area contributed by atoms with Crippen LogP contribution in [-0.2, 0) is 6.42 Å². The second kappa shape index (κ2) is 6.16. The molecular weight excluding hydrogens is 254 g/mol. The Labute approximate surface area is 117 Å². The van der Waals surface area contributed by atoms with E-state index in [2.05, 4.69) is 4.98 Å². The van der Waals surface area contributed by atoms with Gasteiger partial charge < -0.3 is 16.2 Å². The first-order valence-corrected chi connectivity index (χ1v) is 6.33. The number of nitrogens with zero attached hydrogens (tertiary/aromatic N) is 1. The highest BCUT2D eigenvalue weighted by atomic mass is 16.5. The molecule has 0 fully saturated rings. The van der Waals surface area contributed by atoms with Crippen molar-refractivity contribution in [3.05, 3.63) is 53.7 Å². The number of ether oxygens (including phenoxy) is 1. The van der Waals surface area contributed by atoms with E-state index in [4.69, 9.17) is 16.2 Å². The maximum Gasteiger partial charge on any atom is 0.250 e. The zero-order valence-electron chi connectivity index (χ0n) is 11.2. The number of pyridine rings is 1. The van der Waals surface area contributed by atoms with Crippen molar-refractivity contribution >= 4 is 5.91 Å². The van der Waals surface area contributed by atoms with Crippen LogP contribution in [0.5, 0.6) is 11.6 Å². The molecule has 104 valence electrons. The Bertz CT molecular complexity index is 577. The highest BCUT2D eigenvalue weighted by Gasteiger charge is 2.03. The molecule has 0 aliphatic rings. The molecule has 0 bridgehead atoms. The first-order valence-electron chi connectivity index (χ1n) is 6.33. The SMILES string of the molecule is CC(N)Cc1ccc(Oc2ccc(C(N)=O)cn2)cc1. The lowest BCUT2D eigenvalue weighted by Gasteiger charge is -2.08. The van der Waals surface area contributed by atoms with E-state index < -0.39 is 5.91 Å². The van der Waals surface area contributed by atoms with Crippen molar-refractivity contribution in [3.8, 4) is 11.6 Å². The number of hydrogen-bond acceptors (Lipinski definition) is 4. The van der Waals surface area contributed by atoms with E-state index >= 15 is 0 Å². The molecule has 1 amide bonds. The molecule has 0 aliphatic carbocycles. The highest BCUT2D eigenvalue weighted by Crippen LogP contribution is 2.20. The fourth-order valence-electron chi connectivity index (χ4n) is 1.77. The van der Waals surface area contributed by atoms with Crippen LogP contribution in [-0.4, -0.2) is 16.9 Å². The van der Waals surface area contributed by atoms with E-state index in [0.29, 0.717) is 17.2 Å². The van der Waals surface area contributed by atoms with Crippen LogP contribution < -0.4 is 16.2 Å². The Balaban J connectivity index is 2.04. The largest absolute Gasteiger partial charge is 0.439 e. The van der Waals surface area contributed by atoms with Crippen molar-refractivity contribution in [1.29, 1.82) is 0 Å². The van der Waals surface area contributed by atoms with Gasteiger partial charge in [0.05, 0.1) is 5.56 Å². The van der Waals surface area contributed by atoms with E-state index in [1.165, 1.54) is 6.20 Å². The lowest BCUT2D eigenvalue weighted by Crippen LogP contribution is -2.17. The number of primary amides is 1. The number of benzene rings is 1. The van der Waals surface area contributed by atoms with Gasteiger partial charge in [-0.15, -0.1) is 0 Å². The molecule has 0 saturated carbocycles. The van der Waals surface area contributed by atoms with Gasteiger partial charge in [-0.05, 0) is 37.1 Å². The zero-order chi connectivity index (χ0) is 14.5. The summed E-state index contributed by atoms with van der Waals surface area (Å²) in [5.74, 6) is 0.581. The van der Waals surface area contributed by atoms with Crippen LogP contribution in [0, 0.1) is 0 Å². The van der Waals surface area contributed by atoms with Gasteiger partial charge in [-0.25, -0.2) is 4.98 Å². The summed E-state index contributed by atoms with van der Waals surface area (Å²) in [6, 6.07) is 11.0. The van der Waals surface area contributed by atoms with Crippen molar-refractivity contribution in [2.75, 3.05) is 0 Å². The first kappa shape index (κ1) is 14.0. The number of nitrogens with two attached hydrogens (primary N) is 2. The summed E-state index contributed by atoms with van der Waals surface area (Å²) >= 11 is 0. The van der Waals surface area contributed by atoms with Crippen LogP contribution in [0.3, 0.4) is 0 Å². The van der Waals surface area contributed by atoms with Gasteiger partial charge >= 0.3 is 0 Å². The van der Waals surface area contributed by atoms with Gasteiger partial charge in [-0.2, -0.15) is 0 Å². The van der Waals surface area contributed by atoms with Crippen molar-refractivity contribution in [3.63, 3.8) is 0 Å². The van der Waals surface area contributed by atoms with E-state index in [9.17, 15) is 4.79 Å².